The van der Waals surface area contributed by atoms with Crippen molar-refractivity contribution in [1.82, 2.24) is 10.2 Å². The molecule has 0 spiro atoms. The fraction of sp³-hybridized carbons (Fsp3) is 0.0667. The summed E-state index contributed by atoms with van der Waals surface area (Å²) in [5, 5.41) is 8.15. The molecule has 136 valence electrons. The van der Waals surface area contributed by atoms with E-state index >= 15 is 0 Å². The van der Waals surface area contributed by atoms with Crippen molar-refractivity contribution in [2.45, 2.75) is 11.1 Å². The molecule has 0 bridgehead atoms. The Morgan fingerprint density at radius 3 is 2.31 bits per heavy atom. The van der Waals surface area contributed by atoms with Crippen LogP contribution >= 0.6 is 11.3 Å². The highest BCUT2D eigenvalue weighted by Gasteiger charge is 2.33. The first-order valence-corrected chi connectivity index (χ1v) is 9.29. The van der Waals surface area contributed by atoms with E-state index in [2.05, 4.69) is 14.9 Å². The Labute approximate surface area is 149 Å². The number of hydrogen-bond donors (Lipinski definition) is 1. The SMILES string of the molecule is O=S(=O)(Nc1ccc(-c2nncs2)cc1)c1cc(C(F)(F)F)ccc1F. The third-order valence-electron chi connectivity index (χ3n) is 3.29. The molecule has 3 rings (SSSR count). The van der Waals surface area contributed by atoms with Crippen molar-refractivity contribution >= 4 is 27.0 Å². The molecular formula is C15H9F4N3O2S2. The standard InChI is InChI=1S/C15H9F4N3O2S2/c16-12-6-3-10(15(17,18)19)7-13(12)26(23,24)22-11-4-1-9(2-5-11)14-21-20-8-25-14/h1-8,22H. The summed E-state index contributed by atoms with van der Waals surface area (Å²) in [5.74, 6) is -1.28. The minimum Gasteiger partial charge on any atom is -0.280 e. The van der Waals surface area contributed by atoms with E-state index < -0.39 is 32.5 Å². The summed E-state index contributed by atoms with van der Waals surface area (Å²) in [6.07, 6.45) is -4.79. The molecule has 0 aliphatic rings. The highest BCUT2D eigenvalue weighted by atomic mass is 32.2. The molecule has 1 heterocycles. The Kier molecular flexibility index (Phi) is 4.67. The second-order valence-electron chi connectivity index (χ2n) is 5.07. The van der Waals surface area contributed by atoms with Crippen LogP contribution in [0, 0.1) is 5.82 Å². The van der Waals surface area contributed by atoms with Crippen LogP contribution in [0.2, 0.25) is 0 Å². The molecule has 0 unspecified atom stereocenters. The number of benzene rings is 2. The second-order valence-corrected chi connectivity index (χ2v) is 7.55. The Morgan fingerprint density at radius 1 is 1.04 bits per heavy atom. The lowest BCUT2D eigenvalue weighted by Gasteiger charge is -2.12. The van der Waals surface area contributed by atoms with Crippen LogP contribution in [0.5, 0.6) is 0 Å². The molecule has 1 N–H and O–H groups in total. The number of sulfonamides is 1. The van der Waals surface area contributed by atoms with Crippen LogP contribution < -0.4 is 4.72 Å². The van der Waals surface area contributed by atoms with Crippen LogP contribution in [-0.2, 0) is 16.2 Å². The Hall–Kier alpha value is -2.53. The van der Waals surface area contributed by atoms with Crippen LogP contribution in [0.3, 0.4) is 0 Å². The summed E-state index contributed by atoms with van der Waals surface area (Å²) in [6, 6.07) is 7.09. The molecule has 11 heteroatoms. The molecule has 0 atom stereocenters. The van der Waals surface area contributed by atoms with Gasteiger partial charge in [0.25, 0.3) is 10.0 Å². The summed E-state index contributed by atoms with van der Waals surface area (Å²) in [7, 11) is -4.54. The first-order chi connectivity index (χ1) is 12.2. The first-order valence-electron chi connectivity index (χ1n) is 6.93. The third kappa shape index (κ3) is 3.83. The summed E-state index contributed by atoms with van der Waals surface area (Å²) >= 11 is 1.28. The van der Waals surface area contributed by atoms with E-state index in [0.29, 0.717) is 22.7 Å². The lowest BCUT2D eigenvalue weighted by Crippen LogP contribution is -2.16. The van der Waals surface area contributed by atoms with Gasteiger partial charge in [-0.1, -0.05) is 11.3 Å². The topological polar surface area (TPSA) is 72.0 Å². The van der Waals surface area contributed by atoms with Crippen LogP contribution in [-0.4, -0.2) is 18.6 Å². The zero-order chi connectivity index (χ0) is 18.9. The molecule has 0 aliphatic heterocycles. The van der Waals surface area contributed by atoms with Gasteiger partial charge in [0.05, 0.1) is 5.56 Å². The van der Waals surface area contributed by atoms with Crippen LogP contribution in [0.25, 0.3) is 10.6 Å². The molecule has 0 aliphatic carbocycles. The average molecular weight is 403 g/mol. The van der Waals surface area contributed by atoms with Crippen molar-refractivity contribution in [3.63, 3.8) is 0 Å². The van der Waals surface area contributed by atoms with E-state index in [1.807, 2.05) is 0 Å². The van der Waals surface area contributed by atoms with Gasteiger partial charge in [0.2, 0.25) is 0 Å². The van der Waals surface area contributed by atoms with Gasteiger partial charge in [-0.05, 0) is 42.5 Å². The number of nitrogens with one attached hydrogen (secondary N) is 1. The maximum Gasteiger partial charge on any atom is 0.416 e. The molecule has 0 radical (unpaired) electrons. The first kappa shape index (κ1) is 18.3. The van der Waals surface area contributed by atoms with Gasteiger partial charge < -0.3 is 0 Å². The van der Waals surface area contributed by atoms with Crippen molar-refractivity contribution in [2.75, 3.05) is 4.72 Å². The van der Waals surface area contributed by atoms with Gasteiger partial charge >= 0.3 is 6.18 Å². The fourth-order valence-corrected chi connectivity index (χ4v) is 3.80. The Balaban J connectivity index is 1.90. The number of nitrogens with zero attached hydrogens (tertiary/aromatic N) is 2. The molecule has 26 heavy (non-hydrogen) atoms. The Morgan fingerprint density at radius 2 is 1.73 bits per heavy atom. The van der Waals surface area contributed by atoms with Crippen molar-refractivity contribution in [2.24, 2.45) is 0 Å². The lowest BCUT2D eigenvalue weighted by atomic mass is 10.2. The fourth-order valence-electron chi connectivity index (χ4n) is 2.08. The summed E-state index contributed by atoms with van der Waals surface area (Å²) in [6.45, 7) is 0. The molecule has 0 saturated heterocycles. The number of rotatable bonds is 4. The highest BCUT2D eigenvalue weighted by molar-refractivity contribution is 7.92. The average Bonchev–Trinajstić information content (AvgIpc) is 3.09. The monoisotopic (exact) mass is 403 g/mol. The van der Waals surface area contributed by atoms with Gasteiger partial charge in [-0.15, -0.1) is 10.2 Å². The summed E-state index contributed by atoms with van der Waals surface area (Å²) in [5.41, 5.74) is 1.02. The Bertz CT molecular complexity index is 1020. The molecule has 0 amide bonds. The van der Waals surface area contributed by atoms with Gasteiger partial charge in [-0.2, -0.15) is 13.2 Å². The largest absolute Gasteiger partial charge is 0.416 e. The maximum absolute atomic E-state index is 13.8. The zero-order valence-corrected chi connectivity index (χ0v) is 14.3. The van der Waals surface area contributed by atoms with Crippen molar-refractivity contribution < 1.29 is 26.0 Å². The molecular weight excluding hydrogens is 394 g/mol. The minimum absolute atomic E-state index is 0.0649. The minimum atomic E-state index is -4.79. The van der Waals surface area contributed by atoms with Crippen molar-refractivity contribution in [3.8, 4) is 10.6 Å². The van der Waals surface area contributed by atoms with Gasteiger partial charge in [-0.3, -0.25) is 4.72 Å². The van der Waals surface area contributed by atoms with E-state index in [1.165, 1.54) is 29.0 Å². The second kappa shape index (κ2) is 6.65. The maximum atomic E-state index is 13.8. The lowest BCUT2D eigenvalue weighted by molar-refractivity contribution is -0.137. The van der Waals surface area contributed by atoms with E-state index in [0.717, 1.165) is 0 Å². The quantitative estimate of drug-likeness (QED) is 0.664. The van der Waals surface area contributed by atoms with E-state index in [1.54, 1.807) is 12.1 Å². The number of anilines is 1. The van der Waals surface area contributed by atoms with Crippen LogP contribution in [0.15, 0.2) is 52.9 Å². The third-order valence-corrected chi connectivity index (χ3v) is 5.43. The highest BCUT2D eigenvalue weighted by Crippen LogP contribution is 2.32. The smallest absolute Gasteiger partial charge is 0.280 e. The normalized spacial score (nSPS) is 12.2. The molecule has 1 aromatic heterocycles. The van der Waals surface area contributed by atoms with E-state index in [9.17, 15) is 26.0 Å². The number of hydrogen-bond acceptors (Lipinski definition) is 5. The number of alkyl halides is 3. The molecule has 3 aromatic rings. The molecule has 0 saturated carbocycles. The number of aromatic nitrogens is 2. The van der Waals surface area contributed by atoms with E-state index in [-0.39, 0.29) is 11.8 Å². The van der Waals surface area contributed by atoms with Gasteiger partial charge in [0, 0.05) is 11.3 Å². The summed E-state index contributed by atoms with van der Waals surface area (Å²) in [4.78, 5) is -1.08. The van der Waals surface area contributed by atoms with Gasteiger partial charge in [0.15, 0.2) is 0 Å². The van der Waals surface area contributed by atoms with E-state index in [4.69, 9.17) is 0 Å². The predicted octanol–water partition coefficient (Wildman–Crippen LogP) is 4.16. The zero-order valence-electron chi connectivity index (χ0n) is 12.7. The van der Waals surface area contributed by atoms with Crippen LogP contribution in [0.1, 0.15) is 5.56 Å². The van der Waals surface area contributed by atoms with Crippen molar-refractivity contribution in [3.05, 3.63) is 59.4 Å². The summed E-state index contributed by atoms with van der Waals surface area (Å²) < 4.78 is 78.7. The predicted molar refractivity (Wildman–Crippen MR) is 87.6 cm³/mol. The van der Waals surface area contributed by atoms with Gasteiger partial charge in [-0.25, -0.2) is 12.8 Å². The van der Waals surface area contributed by atoms with Crippen molar-refractivity contribution in [1.29, 1.82) is 0 Å². The van der Waals surface area contributed by atoms with Crippen LogP contribution in [0.4, 0.5) is 23.2 Å². The van der Waals surface area contributed by atoms with Gasteiger partial charge in [0.1, 0.15) is 21.2 Å². The molecule has 2 aromatic carbocycles. The number of halogens is 4. The molecule has 0 fully saturated rings. The molecule has 5 nitrogen and oxygen atoms in total.